The van der Waals surface area contributed by atoms with Gasteiger partial charge in [-0.05, 0) is 40.4 Å². The Bertz CT molecular complexity index is 206. The second-order valence-electron chi connectivity index (χ2n) is 4.31. The van der Waals surface area contributed by atoms with Gasteiger partial charge >= 0.3 is 5.97 Å². The molecule has 0 aromatic carbocycles. The molecule has 0 bridgehead atoms. The molecule has 0 saturated carbocycles. The number of aliphatic carboxylic acids is 1. The summed E-state index contributed by atoms with van der Waals surface area (Å²) in [5.74, 6) is -0.712. The maximum absolute atomic E-state index is 10.9. The SMILES string of the molecule is CC(C(=O)O)N1CCCC1CN(C)C. The van der Waals surface area contributed by atoms with Crippen molar-refractivity contribution in [2.75, 3.05) is 27.2 Å². The normalized spacial score (nSPS) is 25.6. The van der Waals surface area contributed by atoms with E-state index in [4.69, 9.17) is 5.11 Å². The highest BCUT2D eigenvalue weighted by atomic mass is 16.4. The third kappa shape index (κ3) is 2.69. The maximum atomic E-state index is 10.9. The van der Waals surface area contributed by atoms with Crippen LogP contribution in [0.5, 0.6) is 0 Å². The zero-order chi connectivity index (χ0) is 10.7. The summed E-state index contributed by atoms with van der Waals surface area (Å²) in [6.45, 7) is 3.65. The molecular weight excluding hydrogens is 180 g/mol. The summed E-state index contributed by atoms with van der Waals surface area (Å²) in [7, 11) is 4.06. The molecule has 4 nitrogen and oxygen atoms in total. The fourth-order valence-electron chi connectivity index (χ4n) is 2.13. The summed E-state index contributed by atoms with van der Waals surface area (Å²) in [6, 6.07) is 0.0681. The van der Waals surface area contributed by atoms with Gasteiger partial charge in [0.2, 0.25) is 0 Å². The van der Waals surface area contributed by atoms with Crippen LogP contribution < -0.4 is 0 Å². The van der Waals surface area contributed by atoms with Crippen molar-refractivity contribution in [3.8, 4) is 0 Å². The van der Waals surface area contributed by atoms with Crippen molar-refractivity contribution >= 4 is 5.97 Å². The second-order valence-corrected chi connectivity index (χ2v) is 4.31. The predicted molar refractivity (Wildman–Crippen MR) is 55.4 cm³/mol. The number of nitrogens with zero attached hydrogens (tertiary/aromatic N) is 2. The Morgan fingerprint density at radius 3 is 2.79 bits per heavy atom. The van der Waals surface area contributed by atoms with E-state index in [-0.39, 0.29) is 6.04 Å². The van der Waals surface area contributed by atoms with Gasteiger partial charge in [-0.15, -0.1) is 0 Å². The topological polar surface area (TPSA) is 43.8 Å². The Kier molecular flexibility index (Phi) is 3.89. The molecule has 2 atom stereocenters. The Balaban J connectivity index is 2.54. The predicted octanol–water partition coefficient (Wildman–Crippen LogP) is 0.485. The van der Waals surface area contributed by atoms with Crippen LogP contribution in [0.15, 0.2) is 0 Å². The first kappa shape index (κ1) is 11.5. The van der Waals surface area contributed by atoms with Crippen LogP contribution >= 0.6 is 0 Å². The van der Waals surface area contributed by atoms with Crippen molar-refractivity contribution < 1.29 is 9.90 Å². The van der Waals surface area contributed by atoms with E-state index in [1.165, 1.54) is 0 Å². The molecule has 1 rings (SSSR count). The largest absolute Gasteiger partial charge is 0.480 e. The maximum Gasteiger partial charge on any atom is 0.320 e. The van der Waals surface area contributed by atoms with Crippen LogP contribution in [0.4, 0.5) is 0 Å². The number of likely N-dealkylation sites (tertiary alicyclic amines) is 1. The highest BCUT2D eigenvalue weighted by molar-refractivity contribution is 5.73. The van der Waals surface area contributed by atoms with E-state index in [9.17, 15) is 4.79 Å². The average molecular weight is 200 g/mol. The van der Waals surface area contributed by atoms with Crippen molar-refractivity contribution in [1.29, 1.82) is 0 Å². The monoisotopic (exact) mass is 200 g/mol. The molecule has 0 spiro atoms. The summed E-state index contributed by atoms with van der Waals surface area (Å²) in [4.78, 5) is 15.1. The van der Waals surface area contributed by atoms with Gasteiger partial charge in [-0.3, -0.25) is 9.69 Å². The van der Waals surface area contributed by atoms with Gasteiger partial charge in [-0.1, -0.05) is 0 Å². The van der Waals surface area contributed by atoms with Crippen molar-refractivity contribution in [2.45, 2.75) is 31.8 Å². The molecule has 1 N–H and O–H groups in total. The number of rotatable bonds is 4. The number of carboxylic acids is 1. The molecular formula is C10H20N2O2. The van der Waals surface area contributed by atoms with Crippen LogP contribution in [0, 0.1) is 0 Å². The van der Waals surface area contributed by atoms with Crippen LogP contribution in [-0.2, 0) is 4.79 Å². The number of hydrogen-bond acceptors (Lipinski definition) is 3. The molecule has 1 saturated heterocycles. The van der Waals surface area contributed by atoms with Gasteiger partial charge in [0.05, 0.1) is 0 Å². The van der Waals surface area contributed by atoms with E-state index in [0.717, 1.165) is 25.9 Å². The summed E-state index contributed by atoms with van der Waals surface area (Å²) in [5.41, 5.74) is 0. The number of carboxylic acid groups (broad SMARTS) is 1. The fourth-order valence-corrected chi connectivity index (χ4v) is 2.13. The van der Waals surface area contributed by atoms with Gasteiger partial charge in [0.25, 0.3) is 0 Å². The van der Waals surface area contributed by atoms with E-state index in [1.807, 2.05) is 14.1 Å². The third-order valence-electron chi connectivity index (χ3n) is 2.85. The minimum atomic E-state index is -0.712. The lowest BCUT2D eigenvalue weighted by Crippen LogP contribution is -2.45. The lowest BCUT2D eigenvalue weighted by molar-refractivity contribution is -0.143. The zero-order valence-corrected chi connectivity index (χ0v) is 9.23. The summed E-state index contributed by atoms with van der Waals surface area (Å²) in [6.07, 6.45) is 2.24. The van der Waals surface area contributed by atoms with Crippen LogP contribution in [0.1, 0.15) is 19.8 Å². The van der Waals surface area contributed by atoms with Gasteiger partial charge in [-0.2, -0.15) is 0 Å². The first-order valence-corrected chi connectivity index (χ1v) is 5.15. The average Bonchev–Trinajstić information content (AvgIpc) is 2.49. The highest BCUT2D eigenvalue weighted by Crippen LogP contribution is 2.20. The van der Waals surface area contributed by atoms with Gasteiger partial charge in [0.1, 0.15) is 6.04 Å². The molecule has 1 heterocycles. The molecule has 4 heteroatoms. The molecule has 1 fully saturated rings. The third-order valence-corrected chi connectivity index (χ3v) is 2.85. The molecule has 0 aromatic rings. The quantitative estimate of drug-likeness (QED) is 0.717. The van der Waals surface area contributed by atoms with E-state index in [1.54, 1.807) is 6.92 Å². The standard InChI is InChI=1S/C10H20N2O2/c1-8(10(13)14)12-6-4-5-9(12)7-11(2)3/h8-9H,4-7H2,1-3H3,(H,13,14). The van der Waals surface area contributed by atoms with Crippen LogP contribution in [0.2, 0.25) is 0 Å². The summed E-state index contributed by atoms with van der Waals surface area (Å²) < 4.78 is 0. The first-order valence-electron chi connectivity index (χ1n) is 5.15. The minimum Gasteiger partial charge on any atom is -0.480 e. The van der Waals surface area contributed by atoms with Crippen LogP contribution in [0.3, 0.4) is 0 Å². The second kappa shape index (κ2) is 4.75. The lowest BCUT2D eigenvalue weighted by Gasteiger charge is -2.29. The molecule has 0 aromatic heterocycles. The van der Waals surface area contributed by atoms with Gasteiger partial charge in [0.15, 0.2) is 0 Å². The van der Waals surface area contributed by atoms with Crippen molar-refractivity contribution in [1.82, 2.24) is 9.80 Å². The minimum absolute atomic E-state index is 0.345. The molecule has 14 heavy (non-hydrogen) atoms. The number of hydrogen-bond donors (Lipinski definition) is 1. The van der Waals surface area contributed by atoms with E-state index in [2.05, 4.69) is 9.80 Å². The Morgan fingerprint density at radius 2 is 2.29 bits per heavy atom. The molecule has 1 aliphatic rings. The molecule has 0 radical (unpaired) electrons. The number of likely N-dealkylation sites (N-methyl/N-ethyl adjacent to an activating group) is 1. The van der Waals surface area contributed by atoms with Crippen LogP contribution in [0.25, 0.3) is 0 Å². The first-order chi connectivity index (χ1) is 6.52. The lowest BCUT2D eigenvalue weighted by atomic mass is 10.2. The number of carbonyl (C=O) groups is 1. The van der Waals surface area contributed by atoms with Gasteiger partial charge in [0, 0.05) is 12.6 Å². The van der Waals surface area contributed by atoms with Crippen molar-refractivity contribution in [2.24, 2.45) is 0 Å². The Morgan fingerprint density at radius 1 is 1.64 bits per heavy atom. The van der Waals surface area contributed by atoms with Gasteiger partial charge in [-0.25, -0.2) is 0 Å². The zero-order valence-electron chi connectivity index (χ0n) is 9.23. The fraction of sp³-hybridized carbons (Fsp3) is 0.900. The highest BCUT2D eigenvalue weighted by Gasteiger charge is 2.31. The molecule has 0 amide bonds. The van der Waals surface area contributed by atoms with E-state index in [0.29, 0.717) is 6.04 Å². The Hall–Kier alpha value is -0.610. The van der Waals surface area contributed by atoms with Crippen molar-refractivity contribution in [3.05, 3.63) is 0 Å². The van der Waals surface area contributed by atoms with Gasteiger partial charge < -0.3 is 10.0 Å². The molecule has 0 aliphatic carbocycles. The summed E-state index contributed by atoms with van der Waals surface area (Å²) in [5, 5.41) is 8.94. The smallest absolute Gasteiger partial charge is 0.320 e. The van der Waals surface area contributed by atoms with E-state index < -0.39 is 5.97 Å². The van der Waals surface area contributed by atoms with E-state index >= 15 is 0 Å². The molecule has 82 valence electrons. The van der Waals surface area contributed by atoms with Crippen LogP contribution in [-0.4, -0.2) is 60.1 Å². The Labute approximate surface area is 85.5 Å². The molecule has 2 unspecified atom stereocenters. The molecule has 1 aliphatic heterocycles. The summed E-state index contributed by atoms with van der Waals surface area (Å²) >= 11 is 0. The van der Waals surface area contributed by atoms with Crippen molar-refractivity contribution in [3.63, 3.8) is 0 Å².